The SMILES string of the molecule is COc1cc(C=CC(=O)OCC(=O)Nc2cccc(C#N)c2)cc(OC)c1OC. The molecule has 1 amide bonds. The Kier molecular flexibility index (Phi) is 7.62. The molecule has 2 rings (SSSR count). The van der Waals surface area contributed by atoms with Gasteiger partial charge in [-0.05, 0) is 42.0 Å². The van der Waals surface area contributed by atoms with Gasteiger partial charge in [0.2, 0.25) is 5.75 Å². The summed E-state index contributed by atoms with van der Waals surface area (Å²) in [5.41, 5.74) is 1.47. The molecule has 0 fully saturated rings. The van der Waals surface area contributed by atoms with Gasteiger partial charge in [0.25, 0.3) is 5.91 Å². The molecule has 0 aliphatic rings. The van der Waals surface area contributed by atoms with Crippen molar-refractivity contribution in [3.8, 4) is 23.3 Å². The molecule has 0 saturated heterocycles. The zero-order valence-electron chi connectivity index (χ0n) is 16.2. The molecule has 0 aromatic heterocycles. The minimum Gasteiger partial charge on any atom is -0.493 e. The second kappa shape index (κ2) is 10.4. The monoisotopic (exact) mass is 396 g/mol. The summed E-state index contributed by atoms with van der Waals surface area (Å²) in [7, 11) is 4.48. The third-order valence-electron chi connectivity index (χ3n) is 3.72. The van der Waals surface area contributed by atoms with Crippen LogP contribution in [0.2, 0.25) is 0 Å². The van der Waals surface area contributed by atoms with Gasteiger partial charge in [0.1, 0.15) is 0 Å². The van der Waals surface area contributed by atoms with Crippen molar-refractivity contribution in [1.29, 1.82) is 5.26 Å². The predicted molar refractivity (Wildman–Crippen MR) is 106 cm³/mol. The Morgan fingerprint density at radius 3 is 2.34 bits per heavy atom. The summed E-state index contributed by atoms with van der Waals surface area (Å²) in [5, 5.41) is 11.4. The number of benzene rings is 2. The molecule has 0 radical (unpaired) electrons. The number of carbonyl (C=O) groups is 2. The van der Waals surface area contributed by atoms with Crippen LogP contribution < -0.4 is 19.5 Å². The Morgan fingerprint density at radius 1 is 1.07 bits per heavy atom. The van der Waals surface area contributed by atoms with Crippen molar-refractivity contribution in [3.05, 3.63) is 53.6 Å². The predicted octanol–water partition coefficient (Wildman–Crippen LogP) is 2.78. The van der Waals surface area contributed by atoms with E-state index in [0.717, 1.165) is 0 Å². The maximum absolute atomic E-state index is 11.9. The maximum Gasteiger partial charge on any atom is 0.331 e. The minimum absolute atomic E-state index is 0.410. The number of carbonyl (C=O) groups excluding carboxylic acids is 2. The molecule has 29 heavy (non-hydrogen) atoms. The quantitative estimate of drug-likeness (QED) is 0.540. The molecule has 1 N–H and O–H groups in total. The van der Waals surface area contributed by atoms with Gasteiger partial charge >= 0.3 is 5.97 Å². The molecule has 8 nitrogen and oxygen atoms in total. The van der Waals surface area contributed by atoms with Crippen LogP contribution in [0.25, 0.3) is 6.08 Å². The third-order valence-corrected chi connectivity index (χ3v) is 3.72. The summed E-state index contributed by atoms with van der Waals surface area (Å²) in [6.45, 7) is -0.463. The van der Waals surface area contributed by atoms with Gasteiger partial charge in [0.05, 0.1) is 33.0 Å². The van der Waals surface area contributed by atoms with Gasteiger partial charge in [-0.2, -0.15) is 5.26 Å². The third kappa shape index (κ3) is 6.01. The molecule has 0 unspecified atom stereocenters. The standard InChI is InChI=1S/C21H20N2O6/c1-26-17-10-14(11-18(27-2)21(17)28-3)7-8-20(25)29-13-19(24)23-16-6-4-5-15(9-16)12-22/h4-11H,13H2,1-3H3,(H,23,24). The fraction of sp³-hybridized carbons (Fsp3) is 0.190. The highest BCUT2D eigenvalue weighted by Crippen LogP contribution is 2.38. The van der Waals surface area contributed by atoms with Crippen molar-refractivity contribution < 1.29 is 28.5 Å². The van der Waals surface area contributed by atoms with E-state index in [4.69, 9.17) is 24.2 Å². The number of amides is 1. The number of nitriles is 1. The lowest BCUT2D eigenvalue weighted by Crippen LogP contribution is -2.20. The van der Waals surface area contributed by atoms with E-state index in [-0.39, 0.29) is 0 Å². The molecule has 0 heterocycles. The molecule has 0 saturated carbocycles. The topological polar surface area (TPSA) is 107 Å². The Morgan fingerprint density at radius 2 is 1.76 bits per heavy atom. The highest BCUT2D eigenvalue weighted by molar-refractivity contribution is 5.94. The molecular weight excluding hydrogens is 376 g/mol. The second-order valence-corrected chi connectivity index (χ2v) is 5.64. The molecular formula is C21H20N2O6. The van der Waals surface area contributed by atoms with Gasteiger partial charge in [-0.3, -0.25) is 4.79 Å². The molecule has 0 aliphatic carbocycles. The Labute approximate surface area is 168 Å². The molecule has 2 aromatic rings. The second-order valence-electron chi connectivity index (χ2n) is 5.64. The number of anilines is 1. The van der Waals surface area contributed by atoms with Gasteiger partial charge in [0.15, 0.2) is 18.1 Å². The fourth-order valence-electron chi connectivity index (χ4n) is 2.41. The number of ether oxygens (including phenoxy) is 4. The van der Waals surface area contributed by atoms with Crippen molar-refractivity contribution in [2.24, 2.45) is 0 Å². The van der Waals surface area contributed by atoms with Gasteiger partial charge in [-0.1, -0.05) is 6.07 Å². The highest BCUT2D eigenvalue weighted by atomic mass is 16.5. The van der Waals surface area contributed by atoms with Crippen LogP contribution in [0.1, 0.15) is 11.1 Å². The first kappa shape index (κ1) is 21.3. The number of nitrogens with one attached hydrogen (secondary N) is 1. The first-order chi connectivity index (χ1) is 14.0. The molecule has 0 spiro atoms. The van der Waals surface area contributed by atoms with Crippen LogP contribution in [0.4, 0.5) is 5.69 Å². The Hall–Kier alpha value is -3.99. The van der Waals surface area contributed by atoms with E-state index in [1.807, 2.05) is 6.07 Å². The molecule has 150 valence electrons. The van der Waals surface area contributed by atoms with Crippen LogP contribution in [0.3, 0.4) is 0 Å². The molecule has 0 aliphatic heterocycles. The van der Waals surface area contributed by atoms with Crippen LogP contribution in [0.5, 0.6) is 17.2 Å². The van der Waals surface area contributed by atoms with E-state index < -0.39 is 18.5 Å². The lowest BCUT2D eigenvalue weighted by atomic mass is 10.1. The van der Waals surface area contributed by atoms with E-state index in [0.29, 0.717) is 34.1 Å². The average molecular weight is 396 g/mol. The van der Waals surface area contributed by atoms with Crippen LogP contribution in [0, 0.1) is 11.3 Å². The van der Waals surface area contributed by atoms with Gasteiger partial charge in [-0.15, -0.1) is 0 Å². The van der Waals surface area contributed by atoms with Gasteiger partial charge in [0, 0.05) is 11.8 Å². The zero-order valence-corrected chi connectivity index (χ0v) is 16.2. The van der Waals surface area contributed by atoms with Crippen LogP contribution >= 0.6 is 0 Å². The molecule has 0 bridgehead atoms. The largest absolute Gasteiger partial charge is 0.493 e. The van der Waals surface area contributed by atoms with Crippen molar-refractivity contribution in [1.82, 2.24) is 0 Å². The molecule has 0 atom stereocenters. The van der Waals surface area contributed by atoms with Crippen LogP contribution in [-0.4, -0.2) is 39.8 Å². The van der Waals surface area contributed by atoms with E-state index >= 15 is 0 Å². The first-order valence-corrected chi connectivity index (χ1v) is 8.45. The highest BCUT2D eigenvalue weighted by Gasteiger charge is 2.12. The Bertz CT molecular complexity index is 937. The van der Waals surface area contributed by atoms with Crippen molar-refractivity contribution >= 4 is 23.6 Å². The normalized spacial score (nSPS) is 10.1. The number of rotatable bonds is 8. The maximum atomic E-state index is 11.9. The van der Waals surface area contributed by atoms with Crippen molar-refractivity contribution in [2.45, 2.75) is 0 Å². The number of esters is 1. The summed E-state index contributed by atoms with van der Waals surface area (Å²) in [4.78, 5) is 23.8. The van der Waals surface area contributed by atoms with E-state index in [2.05, 4.69) is 5.32 Å². The number of methoxy groups -OCH3 is 3. The number of hydrogen-bond acceptors (Lipinski definition) is 7. The lowest BCUT2D eigenvalue weighted by molar-refractivity contribution is -0.142. The average Bonchev–Trinajstić information content (AvgIpc) is 2.75. The van der Waals surface area contributed by atoms with E-state index in [1.165, 1.54) is 39.5 Å². The van der Waals surface area contributed by atoms with Gasteiger partial charge in [-0.25, -0.2) is 4.79 Å². The van der Waals surface area contributed by atoms with Crippen molar-refractivity contribution in [3.63, 3.8) is 0 Å². The van der Waals surface area contributed by atoms with E-state index in [1.54, 1.807) is 30.3 Å². The summed E-state index contributed by atoms with van der Waals surface area (Å²) in [6.07, 6.45) is 2.69. The summed E-state index contributed by atoms with van der Waals surface area (Å²) >= 11 is 0. The fourth-order valence-corrected chi connectivity index (χ4v) is 2.41. The number of hydrogen-bond donors (Lipinski definition) is 1. The molecule has 8 heteroatoms. The summed E-state index contributed by atoms with van der Waals surface area (Å²) in [6, 6.07) is 11.7. The smallest absolute Gasteiger partial charge is 0.331 e. The van der Waals surface area contributed by atoms with Crippen LogP contribution in [0.15, 0.2) is 42.5 Å². The van der Waals surface area contributed by atoms with Crippen LogP contribution in [-0.2, 0) is 14.3 Å². The van der Waals surface area contributed by atoms with Crippen molar-refractivity contribution in [2.75, 3.05) is 33.3 Å². The van der Waals surface area contributed by atoms with E-state index in [9.17, 15) is 9.59 Å². The number of nitrogens with zero attached hydrogens (tertiary/aromatic N) is 1. The first-order valence-electron chi connectivity index (χ1n) is 8.45. The summed E-state index contributed by atoms with van der Waals surface area (Å²) in [5.74, 6) is 0.110. The lowest BCUT2D eigenvalue weighted by Gasteiger charge is -2.12. The van der Waals surface area contributed by atoms with Gasteiger partial charge < -0.3 is 24.3 Å². The zero-order chi connectivity index (χ0) is 21.2. The molecule has 2 aromatic carbocycles. The minimum atomic E-state index is -0.695. The summed E-state index contributed by atoms with van der Waals surface area (Å²) < 4.78 is 20.7. The Balaban J connectivity index is 1.95.